The van der Waals surface area contributed by atoms with Gasteiger partial charge in [0.15, 0.2) is 23.0 Å². The molecule has 4 aromatic rings. The maximum absolute atomic E-state index is 11.8. The third-order valence-electron chi connectivity index (χ3n) is 4.54. The van der Waals surface area contributed by atoms with Gasteiger partial charge in [0, 0.05) is 48.7 Å². The molecule has 0 saturated carbocycles. The predicted molar refractivity (Wildman–Crippen MR) is 128 cm³/mol. The van der Waals surface area contributed by atoms with Crippen molar-refractivity contribution in [3.63, 3.8) is 0 Å². The summed E-state index contributed by atoms with van der Waals surface area (Å²) < 4.78 is 0. The van der Waals surface area contributed by atoms with E-state index in [0.717, 1.165) is 0 Å². The fourth-order valence-corrected chi connectivity index (χ4v) is 2.78. The van der Waals surface area contributed by atoms with Crippen molar-refractivity contribution < 1.29 is 56.2 Å². The van der Waals surface area contributed by atoms with Crippen LogP contribution >= 0.6 is 0 Å². The third kappa shape index (κ3) is 8.01. The Morgan fingerprint density at radius 2 is 0.829 bits per heavy atom. The summed E-state index contributed by atoms with van der Waals surface area (Å²) in [6.07, 6.45) is 0. The first-order valence-electron chi connectivity index (χ1n) is 10.1. The van der Waals surface area contributed by atoms with Crippen LogP contribution < -0.4 is 10.6 Å². The van der Waals surface area contributed by atoms with Crippen molar-refractivity contribution in [3.8, 4) is 23.0 Å². The fourth-order valence-electron chi connectivity index (χ4n) is 2.78. The number of carbonyl (C=O) groups excluding carboxylic acids is 2. The van der Waals surface area contributed by atoms with Crippen LogP contribution in [0.25, 0.3) is 0 Å². The molecule has 0 atom stereocenters. The number of benzene rings is 4. The van der Waals surface area contributed by atoms with Crippen LogP contribution in [0.5, 0.6) is 23.0 Å². The van der Waals surface area contributed by atoms with Gasteiger partial charge in [-0.2, -0.15) is 0 Å². The summed E-state index contributed by atoms with van der Waals surface area (Å²) in [5.74, 6) is -1.81. The van der Waals surface area contributed by atoms with Gasteiger partial charge in [-0.1, -0.05) is 36.4 Å². The maximum atomic E-state index is 11.8. The topological polar surface area (TPSA) is 139 Å². The molecule has 0 spiro atoms. The molecule has 0 aliphatic rings. The standard InChI is InChI=1S/2C13H11NO3.Zr/c2*15-11-7-6-9(8-12(11)16)13(17)14-10-4-2-1-3-5-10;/h2*1-8,15-16H,(H,14,17);. The first-order valence-corrected chi connectivity index (χ1v) is 10.1. The second-order valence-corrected chi connectivity index (χ2v) is 7.05. The van der Waals surface area contributed by atoms with Gasteiger partial charge in [0.2, 0.25) is 0 Å². The summed E-state index contributed by atoms with van der Waals surface area (Å²) in [5, 5.41) is 42.2. The zero-order chi connectivity index (χ0) is 24.5. The van der Waals surface area contributed by atoms with E-state index in [9.17, 15) is 19.8 Å². The fraction of sp³-hybridized carbons (Fsp3) is 0. The third-order valence-corrected chi connectivity index (χ3v) is 4.54. The Hall–Kier alpha value is -4.10. The summed E-state index contributed by atoms with van der Waals surface area (Å²) in [5.41, 5.74) is 1.91. The average Bonchev–Trinajstić information content (AvgIpc) is 2.84. The minimum Gasteiger partial charge on any atom is -0.504 e. The molecule has 0 saturated heterocycles. The molecule has 176 valence electrons. The van der Waals surface area contributed by atoms with E-state index >= 15 is 0 Å². The molecule has 6 N–H and O–H groups in total. The van der Waals surface area contributed by atoms with E-state index in [2.05, 4.69) is 10.6 Å². The summed E-state index contributed by atoms with van der Waals surface area (Å²) in [7, 11) is 0. The summed E-state index contributed by atoms with van der Waals surface area (Å²) in [6, 6.07) is 25.8. The molecule has 9 heteroatoms. The van der Waals surface area contributed by atoms with Gasteiger partial charge in [-0.25, -0.2) is 0 Å². The van der Waals surface area contributed by atoms with Crippen molar-refractivity contribution >= 4 is 23.2 Å². The minimum atomic E-state index is -0.341. The molecule has 4 aromatic carbocycles. The molecule has 0 heterocycles. The molecular formula is C26H22N2O6Zr. The van der Waals surface area contributed by atoms with Gasteiger partial charge >= 0.3 is 0 Å². The second-order valence-electron chi connectivity index (χ2n) is 7.05. The number of amides is 2. The SMILES string of the molecule is O=C(Nc1ccccc1)c1ccc(O)c(O)c1.O=C(Nc1ccccc1)c1ccc(O)c(O)c1.[Zr]. The van der Waals surface area contributed by atoms with Crippen molar-refractivity contribution in [3.05, 3.63) is 108 Å². The van der Waals surface area contributed by atoms with Crippen LogP contribution in [0.15, 0.2) is 97.1 Å². The van der Waals surface area contributed by atoms with Crippen LogP contribution in [0.4, 0.5) is 11.4 Å². The second kappa shape index (κ2) is 13.0. The number of phenols is 4. The van der Waals surface area contributed by atoms with Crippen LogP contribution in [0.2, 0.25) is 0 Å². The largest absolute Gasteiger partial charge is 0.504 e. The molecule has 0 aliphatic carbocycles. The summed E-state index contributed by atoms with van der Waals surface area (Å²) in [6.45, 7) is 0. The van der Waals surface area contributed by atoms with Gasteiger partial charge in [0.1, 0.15) is 0 Å². The maximum Gasteiger partial charge on any atom is 0.255 e. The number of hydrogen-bond acceptors (Lipinski definition) is 6. The van der Waals surface area contributed by atoms with Crippen LogP contribution in [-0.2, 0) is 26.2 Å². The molecule has 0 unspecified atom stereocenters. The zero-order valence-electron chi connectivity index (χ0n) is 18.3. The van der Waals surface area contributed by atoms with Crippen molar-refractivity contribution in [1.29, 1.82) is 0 Å². The zero-order valence-corrected chi connectivity index (χ0v) is 20.8. The molecule has 0 radical (unpaired) electrons. The van der Waals surface area contributed by atoms with Crippen LogP contribution in [0.1, 0.15) is 20.7 Å². The number of nitrogens with one attached hydrogen (secondary N) is 2. The number of phenolic OH excluding ortho intramolecular Hbond substituents is 4. The van der Waals surface area contributed by atoms with Gasteiger partial charge in [-0.15, -0.1) is 0 Å². The van der Waals surface area contributed by atoms with Gasteiger partial charge in [-0.05, 0) is 60.7 Å². The Labute approximate surface area is 220 Å². The van der Waals surface area contributed by atoms with E-state index in [-0.39, 0.29) is 72.1 Å². The van der Waals surface area contributed by atoms with E-state index < -0.39 is 0 Å². The number of carbonyl (C=O) groups is 2. The minimum absolute atomic E-state index is 0. The van der Waals surface area contributed by atoms with Crippen LogP contribution in [-0.4, -0.2) is 32.2 Å². The molecule has 0 aromatic heterocycles. The molecular weight excluding hydrogens is 528 g/mol. The monoisotopic (exact) mass is 548 g/mol. The van der Waals surface area contributed by atoms with Gasteiger partial charge in [-0.3, -0.25) is 9.59 Å². The Morgan fingerprint density at radius 3 is 1.14 bits per heavy atom. The number of para-hydroxylation sites is 2. The van der Waals surface area contributed by atoms with Gasteiger partial charge in [0.25, 0.3) is 11.8 Å². The predicted octanol–water partition coefficient (Wildman–Crippen LogP) is 4.70. The molecule has 35 heavy (non-hydrogen) atoms. The van der Waals surface area contributed by atoms with Crippen molar-refractivity contribution in [2.75, 3.05) is 10.6 Å². The number of aromatic hydroxyl groups is 4. The Kier molecular flexibility index (Phi) is 10.1. The quantitative estimate of drug-likeness (QED) is 0.204. The number of hydrogen-bond donors (Lipinski definition) is 6. The molecule has 0 aliphatic heterocycles. The molecule has 4 rings (SSSR count). The molecule has 0 fully saturated rings. The van der Waals surface area contributed by atoms with E-state index in [1.807, 2.05) is 36.4 Å². The summed E-state index contributed by atoms with van der Waals surface area (Å²) >= 11 is 0. The van der Waals surface area contributed by atoms with Crippen LogP contribution in [0, 0.1) is 0 Å². The van der Waals surface area contributed by atoms with E-state index in [1.54, 1.807) is 24.3 Å². The molecule has 0 bridgehead atoms. The van der Waals surface area contributed by atoms with E-state index in [0.29, 0.717) is 11.4 Å². The van der Waals surface area contributed by atoms with Crippen LogP contribution in [0.3, 0.4) is 0 Å². The van der Waals surface area contributed by atoms with Crippen molar-refractivity contribution in [1.82, 2.24) is 0 Å². The summed E-state index contributed by atoms with van der Waals surface area (Å²) in [4.78, 5) is 23.5. The Morgan fingerprint density at radius 1 is 0.486 bits per heavy atom. The van der Waals surface area contributed by atoms with Gasteiger partial charge in [0.05, 0.1) is 0 Å². The van der Waals surface area contributed by atoms with Crippen molar-refractivity contribution in [2.45, 2.75) is 0 Å². The van der Waals surface area contributed by atoms with Gasteiger partial charge < -0.3 is 31.1 Å². The van der Waals surface area contributed by atoms with E-state index in [1.165, 1.54) is 36.4 Å². The smallest absolute Gasteiger partial charge is 0.255 e. The van der Waals surface area contributed by atoms with E-state index in [4.69, 9.17) is 10.2 Å². The first kappa shape index (κ1) is 27.1. The Bertz CT molecular complexity index is 1180. The normalized spacial score (nSPS) is 9.60. The van der Waals surface area contributed by atoms with Crippen molar-refractivity contribution in [2.24, 2.45) is 0 Å². The molecule has 2 amide bonds. The first-order chi connectivity index (χ1) is 16.3. The average molecular weight is 550 g/mol. The Balaban J connectivity index is 0.000000240. The number of rotatable bonds is 4. The molecule has 8 nitrogen and oxygen atoms in total. The number of anilines is 2.